The van der Waals surface area contributed by atoms with Crippen LogP contribution in [0.25, 0.3) is 0 Å². The Hall–Kier alpha value is -0.0800. The van der Waals surface area contributed by atoms with E-state index >= 15 is 0 Å². The van der Waals surface area contributed by atoms with Gasteiger partial charge in [0.1, 0.15) is 0 Å². The second-order valence-electron chi connectivity index (χ2n) is 5.10. The van der Waals surface area contributed by atoms with Gasteiger partial charge in [-0.1, -0.05) is 33.1 Å². The zero-order chi connectivity index (χ0) is 10.1. The first kappa shape index (κ1) is 10.4. The van der Waals surface area contributed by atoms with Gasteiger partial charge in [0.05, 0.1) is 0 Å². The quantitative estimate of drug-likeness (QED) is 0.523. The summed E-state index contributed by atoms with van der Waals surface area (Å²) < 4.78 is 0. The highest BCUT2D eigenvalue weighted by atomic mass is 15.2. The third-order valence-corrected chi connectivity index (χ3v) is 4.64. The molecule has 2 fully saturated rings. The van der Waals surface area contributed by atoms with Crippen molar-refractivity contribution in [3.8, 4) is 0 Å². The van der Waals surface area contributed by atoms with Gasteiger partial charge in [-0.05, 0) is 36.5 Å². The van der Waals surface area contributed by atoms with Crippen LogP contribution < -0.4 is 11.3 Å². The summed E-state index contributed by atoms with van der Waals surface area (Å²) in [4.78, 5) is 0. The summed E-state index contributed by atoms with van der Waals surface area (Å²) in [7, 11) is 0. The molecule has 0 bridgehead atoms. The average molecular weight is 196 g/mol. The summed E-state index contributed by atoms with van der Waals surface area (Å²) in [5.74, 6) is 9.47. The van der Waals surface area contributed by atoms with E-state index in [2.05, 4.69) is 19.3 Å². The van der Waals surface area contributed by atoms with Crippen LogP contribution in [0.2, 0.25) is 0 Å². The summed E-state index contributed by atoms with van der Waals surface area (Å²) in [6, 6.07) is 0.597. The molecule has 0 saturated heterocycles. The van der Waals surface area contributed by atoms with Gasteiger partial charge in [0.2, 0.25) is 0 Å². The Balaban J connectivity index is 1.93. The van der Waals surface area contributed by atoms with Crippen molar-refractivity contribution in [3.05, 3.63) is 0 Å². The summed E-state index contributed by atoms with van der Waals surface area (Å²) >= 11 is 0. The summed E-state index contributed by atoms with van der Waals surface area (Å²) in [5, 5.41) is 0. The van der Waals surface area contributed by atoms with E-state index < -0.39 is 0 Å². The van der Waals surface area contributed by atoms with Crippen molar-refractivity contribution in [2.24, 2.45) is 29.5 Å². The van der Waals surface area contributed by atoms with Crippen LogP contribution in [0, 0.1) is 23.7 Å². The van der Waals surface area contributed by atoms with Gasteiger partial charge in [0.25, 0.3) is 0 Å². The maximum Gasteiger partial charge on any atom is 0.0272 e. The topological polar surface area (TPSA) is 38.0 Å². The third kappa shape index (κ3) is 1.59. The third-order valence-electron chi connectivity index (χ3n) is 4.64. The van der Waals surface area contributed by atoms with Crippen molar-refractivity contribution >= 4 is 0 Å². The number of hydrogen-bond acceptors (Lipinski definition) is 2. The van der Waals surface area contributed by atoms with E-state index in [4.69, 9.17) is 5.84 Å². The Labute approximate surface area is 87.6 Å². The predicted octanol–water partition coefficient (Wildman–Crippen LogP) is 2.30. The van der Waals surface area contributed by atoms with E-state index in [1.165, 1.54) is 32.1 Å². The molecule has 2 saturated carbocycles. The van der Waals surface area contributed by atoms with Gasteiger partial charge in [-0.2, -0.15) is 0 Å². The minimum atomic E-state index is 0.597. The fourth-order valence-corrected chi connectivity index (χ4v) is 3.77. The van der Waals surface area contributed by atoms with Crippen molar-refractivity contribution in [2.45, 2.75) is 52.0 Å². The van der Waals surface area contributed by atoms with E-state index in [1.807, 2.05) is 0 Å². The normalized spacial score (nSPS) is 37.3. The van der Waals surface area contributed by atoms with Gasteiger partial charge in [-0.25, -0.2) is 0 Å². The SMILES string of the molecule is CCC(CC)C(NN)C1C2CCCC21. The molecule has 0 amide bonds. The molecule has 2 rings (SSSR count). The summed E-state index contributed by atoms with van der Waals surface area (Å²) in [5.41, 5.74) is 3.09. The van der Waals surface area contributed by atoms with Crippen molar-refractivity contribution in [3.63, 3.8) is 0 Å². The van der Waals surface area contributed by atoms with Gasteiger partial charge >= 0.3 is 0 Å². The van der Waals surface area contributed by atoms with Crippen LogP contribution in [0.4, 0.5) is 0 Å². The maximum atomic E-state index is 5.72. The zero-order valence-electron chi connectivity index (χ0n) is 9.50. The minimum absolute atomic E-state index is 0.597. The first-order valence-corrected chi connectivity index (χ1v) is 6.29. The second kappa shape index (κ2) is 4.19. The first-order chi connectivity index (χ1) is 6.83. The van der Waals surface area contributed by atoms with E-state index in [-0.39, 0.29) is 0 Å². The molecule has 0 aromatic rings. The molecule has 2 heteroatoms. The molecule has 3 unspecified atom stereocenters. The van der Waals surface area contributed by atoms with Crippen LogP contribution in [-0.2, 0) is 0 Å². The van der Waals surface area contributed by atoms with Crippen molar-refractivity contribution in [1.82, 2.24) is 5.43 Å². The number of fused-ring (bicyclic) bond motifs is 1. The molecule has 0 aliphatic heterocycles. The lowest BCUT2D eigenvalue weighted by atomic mass is 9.88. The van der Waals surface area contributed by atoms with Gasteiger partial charge in [0.15, 0.2) is 0 Å². The molecule has 0 radical (unpaired) electrons. The number of hydrogen-bond donors (Lipinski definition) is 2. The highest BCUT2D eigenvalue weighted by molar-refractivity contribution is 5.07. The molecule has 0 aromatic carbocycles. The van der Waals surface area contributed by atoms with Crippen molar-refractivity contribution < 1.29 is 0 Å². The Morgan fingerprint density at radius 3 is 2.21 bits per heavy atom. The Morgan fingerprint density at radius 2 is 1.79 bits per heavy atom. The lowest BCUT2D eigenvalue weighted by Crippen LogP contribution is -2.43. The van der Waals surface area contributed by atoms with Crippen LogP contribution in [0.3, 0.4) is 0 Å². The van der Waals surface area contributed by atoms with Gasteiger partial charge < -0.3 is 0 Å². The molecule has 2 aliphatic carbocycles. The monoisotopic (exact) mass is 196 g/mol. The van der Waals surface area contributed by atoms with Crippen LogP contribution in [-0.4, -0.2) is 6.04 Å². The second-order valence-corrected chi connectivity index (χ2v) is 5.10. The average Bonchev–Trinajstić information content (AvgIpc) is 2.69. The van der Waals surface area contributed by atoms with E-state index in [0.29, 0.717) is 6.04 Å². The molecule has 2 nitrogen and oxygen atoms in total. The molecule has 0 aromatic heterocycles. The van der Waals surface area contributed by atoms with Gasteiger partial charge in [-0.15, -0.1) is 0 Å². The maximum absolute atomic E-state index is 5.72. The highest BCUT2D eigenvalue weighted by Gasteiger charge is 2.56. The zero-order valence-corrected chi connectivity index (χ0v) is 9.50. The highest BCUT2D eigenvalue weighted by Crippen LogP contribution is 2.60. The number of hydrazine groups is 1. The van der Waals surface area contributed by atoms with Crippen LogP contribution in [0.15, 0.2) is 0 Å². The summed E-state index contributed by atoms with van der Waals surface area (Å²) in [6.07, 6.45) is 6.93. The van der Waals surface area contributed by atoms with Crippen molar-refractivity contribution in [1.29, 1.82) is 0 Å². The Morgan fingerprint density at radius 1 is 1.21 bits per heavy atom. The first-order valence-electron chi connectivity index (χ1n) is 6.29. The van der Waals surface area contributed by atoms with Gasteiger partial charge in [0, 0.05) is 6.04 Å². The molecule has 14 heavy (non-hydrogen) atoms. The fraction of sp³-hybridized carbons (Fsp3) is 1.00. The van der Waals surface area contributed by atoms with Crippen LogP contribution >= 0.6 is 0 Å². The predicted molar refractivity (Wildman–Crippen MR) is 59.5 cm³/mol. The van der Waals surface area contributed by atoms with Crippen LogP contribution in [0.1, 0.15) is 46.0 Å². The number of nitrogens with one attached hydrogen (secondary N) is 1. The Kier molecular flexibility index (Phi) is 3.13. The molecular formula is C12H24N2. The lowest BCUT2D eigenvalue weighted by Gasteiger charge is -2.26. The molecule has 0 heterocycles. The standard InChI is InChI=1S/C12H24N2/c1-3-8(4-2)12(14-13)11-9-6-5-7-10(9)11/h8-12,14H,3-7,13H2,1-2H3. The van der Waals surface area contributed by atoms with Crippen molar-refractivity contribution in [2.75, 3.05) is 0 Å². The molecule has 3 N–H and O–H groups in total. The van der Waals surface area contributed by atoms with E-state index in [0.717, 1.165) is 23.7 Å². The summed E-state index contributed by atoms with van der Waals surface area (Å²) in [6.45, 7) is 4.58. The smallest absolute Gasteiger partial charge is 0.0272 e. The number of rotatable bonds is 5. The van der Waals surface area contributed by atoms with E-state index in [9.17, 15) is 0 Å². The molecule has 3 atom stereocenters. The van der Waals surface area contributed by atoms with E-state index in [1.54, 1.807) is 0 Å². The molecular weight excluding hydrogens is 172 g/mol. The lowest BCUT2D eigenvalue weighted by molar-refractivity contribution is 0.280. The Bertz CT molecular complexity index is 179. The van der Waals surface area contributed by atoms with Crippen LogP contribution in [0.5, 0.6) is 0 Å². The molecule has 82 valence electrons. The molecule has 0 spiro atoms. The largest absolute Gasteiger partial charge is 0.271 e. The minimum Gasteiger partial charge on any atom is -0.271 e. The fourth-order valence-electron chi connectivity index (χ4n) is 3.77. The number of nitrogens with two attached hydrogens (primary N) is 1. The molecule has 2 aliphatic rings. The van der Waals surface area contributed by atoms with Gasteiger partial charge in [-0.3, -0.25) is 11.3 Å².